The molecule has 0 spiro atoms. The van der Waals surface area contributed by atoms with Crippen LogP contribution in [0.2, 0.25) is 0 Å². The van der Waals surface area contributed by atoms with Gasteiger partial charge in [-0.05, 0) is 31.4 Å². The smallest absolute Gasteiger partial charge is 0.263 e. The lowest BCUT2D eigenvalue weighted by Gasteiger charge is -2.09. The normalized spacial score (nSPS) is 19.9. The summed E-state index contributed by atoms with van der Waals surface area (Å²) in [5.74, 6) is 1.18. The fraction of sp³-hybridized carbons (Fsp3) is 0.533. The molecule has 2 rings (SSSR count). The first-order chi connectivity index (χ1) is 9.40. The van der Waals surface area contributed by atoms with Crippen LogP contribution in [0.4, 0.5) is 0 Å². The minimum Gasteiger partial charge on any atom is -0.264 e. The molecule has 1 aromatic carbocycles. The molecule has 1 unspecified atom stereocenters. The molecule has 0 aromatic heterocycles. The fourth-order valence-electron chi connectivity index (χ4n) is 2.34. The molecule has 0 saturated heterocycles. The molecule has 110 valence electrons. The van der Waals surface area contributed by atoms with E-state index in [4.69, 9.17) is 0 Å². The number of nitrogens with zero attached hydrogens (tertiary/aromatic N) is 1. The molecule has 20 heavy (non-hydrogen) atoms. The number of hydrogen-bond acceptors (Lipinski definition) is 3. The molecule has 1 N–H and O–H groups in total. The summed E-state index contributed by atoms with van der Waals surface area (Å²) < 4.78 is 26.5. The molecule has 0 aliphatic carbocycles. The minimum absolute atomic E-state index is 0.123. The molecule has 0 radical (unpaired) electrons. The van der Waals surface area contributed by atoms with Crippen molar-refractivity contribution in [2.24, 2.45) is 10.9 Å². The van der Waals surface area contributed by atoms with E-state index in [1.165, 1.54) is 6.42 Å². The third-order valence-corrected chi connectivity index (χ3v) is 4.81. The van der Waals surface area contributed by atoms with Gasteiger partial charge in [0.15, 0.2) is 0 Å². The van der Waals surface area contributed by atoms with Crippen molar-refractivity contribution in [2.75, 3.05) is 0 Å². The average Bonchev–Trinajstić information content (AvgIpc) is 2.61. The van der Waals surface area contributed by atoms with Crippen molar-refractivity contribution < 1.29 is 8.42 Å². The summed E-state index contributed by atoms with van der Waals surface area (Å²) in [6.07, 6.45) is 3.27. The summed E-state index contributed by atoms with van der Waals surface area (Å²) in [4.78, 5) is 4.86. The van der Waals surface area contributed by atoms with E-state index in [1.54, 1.807) is 18.2 Å². The molecule has 1 atom stereocenters. The van der Waals surface area contributed by atoms with Crippen molar-refractivity contribution in [3.8, 4) is 0 Å². The van der Waals surface area contributed by atoms with Gasteiger partial charge in [0.05, 0.1) is 4.90 Å². The van der Waals surface area contributed by atoms with Crippen LogP contribution >= 0.6 is 0 Å². The Bertz CT molecular complexity index is 606. The van der Waals surface area contributed by atoms with Gasteiger partial charge < -0.3 is 0 Å². The number of sulfonamides is 1. The zero-order valence-corrected chi connectivity index (χ0v) is 13.1. The van der Waals surface area contributed by atoms with E-state index in [9.17, 15) is 8.42 Å². The molecule has 4 nitrogen and oxygen atoms in total. The summed E-state index contributed by atoms with van der Waals surface area (Å²) in [5, 5.41) is 0. The molecular formula is C15H22N2O2S. The van der Waals surface area contributed by atoms with Crippen molar-refractivity contribution in [2.45, 2.75) is 51.0 Å². The van der Waals surface area contributed by atoms with Gasteiger partial charge in [0.25, 0.3) is 10.0 Å². The highest BCUT2D eigenvalue weighted by Crippen LogP contribution is 2.23. The van der Waals surface area contributed by atoms with E-state index >= 15 is 0 Å². The van der Waals surface area contributed by atoms with E-state index in [0.717, 1.165) is 12.8 Å². The van der Waals surface area contributed by atoms with Gasteiger partial charge >= 0.3 is 0 Å². The van der Waals surface area contributed by atoms with E-state index in [0.29, 0.717) is 22.2 Å². The summed E-state index contributed by atoms with van der Waals surface area (Å²) in [6, 6.07) is 7.10. The van der Waals surface area contributed by atoms with Crippen LogP contribution in [0.3, 0.4) is 0 Å². The van der Waals surface area contributed by atoms with E-state index in [2.05, 4.69) is 23.6 Å². The number of amidine groups is 1. The van der Waals surface area contributed by atoms with Gasteiger partial charge in [0.2, 0.25) is 0 Å². The van der Waals surface area contributed by atoms with Crippen LogP contribution in [0.15, 0.2) is 34.2 Å². The zero-order valence-electron chi connectivity index (χ0n) is 12.3. The number of fused-ring (bicyclic) bond motifs is 1. The predicted octanol–water partition coefficient (Wildman–Crippen LogP) is 2.94. The Morgan fingerprint density at radius 1 is 1.15 bits per heavy atom. The van der Waals surface area contributed by atoms with Gasteiger partial charge in [0, 0.05) is 11.6 Å². The first-order valence-electron chi connectivity index (χ1n) is 7.10. The van der Waals surface area contributed by atoms with Crippen LogP contribution in [-0.4, -0.2) is 20.3 Å². The van der Waals surface area contributed by atoms with Gasteiger partial charge in [-0.15, -0.1) is 0 Å². The second kappa shape index (κ2) is 5.95. The van der Waals surface area contributed by atoms with Crippen molar-refractivity contribution >= 4 is 15.9 Å². The van der Waals surface area contributed by atoms with E-state index in [-0.39, 0.29) is 6.04 Å². The van der Waals surface area contributed by atoms with E-state index in [1.807, 2.05) is 13.0 Å². The van der Waals surface area contributed by atoms with Crippen molar-refractivity contribution in [3.05, 3.63) is 29.8 Å². The molecule has 1 aliphatic rings. The highest BCUT2D eigenvalue weighted by atomic mass is 32.2. The molecule has 5 heteroatoms. The maximum atomic E-state index is 12.0. The van der Waals surface area contributed by atoms with Gasteiger partial charge in [-0.25, -0.2) is 8.42 Å². The van der Waals surface area contributed by atoms with Crippen LogP contribution in [0, 0.1) is 5.92 Å². The summed E-state index contributed by atoms with van der Waals surface area (Å²) in [6.45, 7) is 6.44. The lowest BCUT2D eigenvalue weighted by Crippen LogP contribution is -2.23. The van der Waals surface area contributed by atoms with Gasteiger partial charge in [-0.2, -0.15) is 0 Å². The molecule has 1 heterocycles. The number of benzene rings is 1. The highest BCUT2D eigenvalue weighted by molar-refractivity contribution is 7.90. The van der Waals surface area contributed by atoms with Crippen LogP contribution in [-0.2, 0) is 10.0 Å². The topological polar surface area (TPSA) is 58.5 Å². The molecule has 0 saturated carbocycles. The second-order valence-electron chi connectivity index (χ2n) is 5.75. The molecule has 0 fully saturated rings. The van der Waals surface area contributed by atoms with E-state index < -0.39 is 10.0 Å². The van der Waals surface area contributed by atoms with Crippen LogP contribution < -0.4 is 4.72 Å². The Morgan fingerprint density at radius 2 is 1.85 bits per heavy atom. The monoisotopic (exact) mass is 294 g/mol. The molecule has 0 amide bonds. The SMILES string of the molecule is CC(C)CCCC(C)N=C1NS(=O)(=O)c2ccccc21. The van der Waals surface area contributed by atoms with Crippen molar-refractivity contribution in [1.29, 1.82) is 0 Å². The lowest BCUT2D eigenvalue weighted by molar-refractivity contribution is 0.511. The molecule has 1 aliphatic heterocycles. The first-order valence-corrected chi connectivity index (χ1v) is 8.58. The Balaban J connectivity index is 2.12. The van der Waals surface area contributed by atoms with Crippen LogP contribution in [0.5, 0.6) is 0 Å². The largest absolute Gasteiger partial charge is 0.264 e. The summed E-state index contributed by atoms with van der Waals surface area (Å²) in [5.41, 5.74) is 0.684. The number of hydrogen-bond donors (Lipinski definition) is 1. The van der Waals surface area contributed by atoms with Gasteiger partial charge in [-0.3, -0.25) is 9.71 Å². The lowest BCUT2D eigenvalue weighted by atomic mass is 10.0. The predicted molar refractivity (Wildman–Crippen MR) is 81.5 cm³/mol. The van der Waals surface area contributed by atoms with Crippen LogP contribution in [0.1, 0.15) is 45.6 Å². The fourth-order valence-corrected chi connectivity index (χ4v) is 3.58. The third-order valence-electron chi connectivity index (χ3n) is 3.42. The zero-order chi connectivity index (χ0) is 14.8. The average molecular weight is 294 g/mol. The van der Waals surface area contributed by atoms with Gasteiger partial charge in [0.1, 0.15) is 5.84 Å². The quantitative estimate of drug-likeness (QED) is 0.907. The highest BCUT2D eigenvalue weighted by Gasteiger charge is 2.30. The molecule has 0 bridgehead atoms. The number of rotatable bonds is 5. The second-order valence-corrected chi connectivity index (χ2v) is 7.40. The van der Waals surface area contributed by atoms with Crippen molar-refractivity contribution in [3.63, 3.8) is 0 Å². The maximum Gasteiger partial charge on any atom is 0.263 e. The summed E-state index contributed by atoms with van der Waals surface area (Å²) in [7, 11) is -3.42. The first kappa shape index (κ1) is 15.0. The standard InChI is InChI=1S/C15H22N2O2S/c1-11(2)7-6-8-12(3)16-15-13-9-4-5-10-14(13)20(18,19)17-15/h4-5,9-12H,6-8H2,1-3H3,(H,16,17). The number of aliphatic imine (C=N–C) groups is 1. The summed E-state index contributed by atoms with van der Waals surface area (Å²) >= 11 is 0. The Labute approximate surface area is 121 Å². The Morgan fingerprint density at radius 3 is 2.55 bits per heavy atom. The maximum absolute atomic E-state index is 12.0. The Kier molecular flexibility index (Phi) is 4.48. The molecule has 1 aromatic rings. The number of nitrogens with one attached hydrogen (secondary N) is 1. The third kappa shape index (κ3) is 3.39. The van der Waals surface area contributed by atoms with Gasteiger partial charge in [-0.1, -0.05) is 38.8 Å². The van der Waals surface area contributed by atoms with Crippen LogP contribution in [0.25, 0.3) is 0 Å². The Hall–Kier alpha value is -1.36. The van der Waals surface area contributed by atoms with Crippen molar-refractivity contribution in [1.82, 2.24) is 4.72 Å². The molecular weight excluding hydrogens is 272 g/mol. The minimum atomic E-state index is -3.42.